The number of rotatable bonds is 2. The molecule has 0 aromatic heterocycles. The van der Waals surface area contributed by atoms with Crippen LogP contribution in [0, 0.1) is 0 Å². The van der Waals surface area contributed by atoms with E-state index in [4.69, 9.17) is 17.3 Å². The number of nitrogens with one attached hydrogen (secondary N) is 1. The van der Waals surface area contributed by atoms with Crippen LogP contribution in [0.4, 0.5) is 5.69 Å². The highest BCUT2D eigenvalue weighted by Gasteiger charge is 2.02. The van der Waals surface area contributed by atoms with E-state index in [0.29, 0.717) is 11.0 Å². The first-order valence-electron chi connectivity index (χ1n) is 4.00. The summed E-state index contributed by atoms with van der Waals surface area (Å²) in [5, 5.41) is 3.55. The number of hydrogen-bond donors (Lipinski definition) is 2. The van der Waals surface area contributed by atoms with Gasteiger partial charge in [0.1, 0.15) is 0 Å². The van der Waals surface area contributed by atoms with Crippen LogP contribution in [-0.2, 0) is 0 Å². The summed E-state index contributed by atoms with van der Waals surface area (Å²) in [7, 11) is 1.62. The first-order valence-corrected chi connectivity index (χ1v) is 5.60. The third-order valence-electron chi connectivity index (χ3n) is 1.68. The topological polar surface area (TPSA) is 50.4 Å². The molecule has 3 N–H and O–H groups in total. The van der Waals surface area contributed by atoms with Crippen LogP contribution in [0.15, 0.2) is 28.1 Å². The van der Waals surface area contributed by atoms with Gasteiger partial charge in [0.15, 0.2) is 5.96 Å². The summed E-state index contributed by atoms with van der Waals surface area (Å²) in [6, 6.07) is 5.72. The lowest BCUT2D eigenvalue weighted by Crippen LogP contribution is -2.22. The van der Waals surface area contributed by atoms with Gasteiger partial charge in [-0.05, 0) is 24.5 Å². The average molecular weight is 266 g/mol. The maximum absolute atomic E-state index is 5.97. The third kappa shape index (κ3) is 4.20. The van der Waals surface area contributed by atoms with Crippen molar-refractivity contribution < 1.29 is 0 Å². The largest absolute Gasteiger partial charge is 0.370 e. The fourth-order valence-electron chi connectivity index (χ4n) is 0.921. The van der Waals surface area contributed by atoms with Gasteiger partial charge in [0.05, 0.1) is 10.7 Å². The fourth-order valence-corrected chi connectivity index (χ4v) is 1.53. The minimum absolute atomic E-state index is 0. The van der Waals surface area contributed by atoms with Crippen LogP contribution >= 0.6 is 35.8 Å². The summed E-state index contributed by atoms with van der Waals surface area (Å²) >= 11 is 7.62. The lowest BCUT2D eigenvalue weighted by Gasteiger charge is -2.08. The van der Waals surface area contributed by atoms with Crippen molar-refractivity contribution >= 4 is 47.4 Å². The molecule has 0 radical (unpaired) electrons. The first-order chi connectivity index (χ1) is 6.67. The van der Waals surface area contributed by atoms with E-state index < -0.39 is 0 Å². The third-order valence-corrected chi connectivity index (χ3v) is 2.73. The van der Waals surface area contributed by atoms with E-state index in [9.17, 15) is 0 Å². The zero-order chi connectivity index (χ0) is 10.6. The van der Waals surface area contributed by atoms with Gasteiger partial charge in [-0.2, -0.15) is 0 Å². The molecule has 0 bridgehead atoms. The van der Waals surface area contributed by atoms with E-state index in [1.165, 1.54) is 0 Å². The number of nitrogens with two attached hydrogens (primary N) is 1. The average Bonchev–Trinajstić information content (AvgIpc) is 2.21. The van der Waals surface area contributed by atoms with Gasteiger partial charge in [-0.15, -0.1) is 24.2 Å². The van der Waals surface area contributed by atoms with Gasteiger partial charge in [0.2, 0.25) is 0 Å². The Morgan fingerprint density at radius 2 is 2.20 bits per heavy atom. The lowest BCUT2D eigenvalue weighted by molar-refractivity contribution is 1.37. The normalized spacial score (nSPS) is 10.7. The van der Waals surface area contributed by atoms with Gasteiger partial charge in [-0.3, -0.25) is 4.99 Å². The standard InChI is InChI=1S/C9H12ClN3S.ClH/c1-12-9(11)13-8-5-6(14-2)3-4-7(8)10;/h3-5H,1-2H3,(H3,11,12,13);1H. The second-order valence-electron chi connectivity index (χ2n) is 2.58. The van der Waals surface area contributed by atoms with E-state index in [1.54, 1.807) is 18.8 Å². The van der Waals surface area contributed by atoms with Crippen LogP contribution in [0.2, 0.25) is 5.02 Å². The molecule has 84 valence electrons. The molecule has 0 aliphatic heterocycles. The second kappa shape index (κ2) is 6.82. The molecule has 0 amide bonds. The Bertz CT molecular complexity index is 355. The number of aliphatic imine (C=N–C) groups is 1. The first kappa shape index (κ1) is 14.4. The zero-order valence-electron chi connectivity index (χ0n) is 8.45. The molecule has 0 saturated carbocycles. The molecule has 0 atom stereocenters. The van der Waals surface area contributed by atoms with E-state index in [-0.39, 0.29) is 12.4 Å². The van der Waals surface area contributed by atoms with Crippen LogP contribution in [0.1, 0.15) is 0 Å². The number of halogens is 2. The number of thioether (sulfide) groups is 1. The van der Waals surface area contributed by atoms with Gasteiger partial charge in [-0.25, -0.2) is 0 Å². The van der Waals surface area contributed by atoms with Crippen molar-refractivity contribution in [3.63, 3.8) is 0 Å². The quantitative estimate of drug-likeness (QED) is 0.491. The van der Waals surface area contributed by atoms with Crippen LogP contribution < -0.4 is 11.1 Å². The highest BCUT2D eigenvalue weighted by atomic mass is 35.5. The molecular weight excluding hydrogens is 253 g/mol. The Morgan fingerprint density at radius 1 is 1.53 bits per heavy atom. The monoisotopic (exact) mass is 265 g/mol. The Balaban J connectivity index is 0.00000196. The van der Waals surface area contributed by atoms with Crippen molar-refractivity contribution in [2.24, 2.45) is 10.7 Å². The molecular formula is C9H13Cl2N3S. The predicted octanol–water partition coefficient (Wildman–Crippen LogP) is 2.84. The molecule has 0 spiro atoms. The van der Waals surface area contributed by atoms with E-state index in [2.05, 4.69) is 10.3 Å². The minimum atomic E-state index is 0. The maximum atomic E-state index is 5.97. The second-order valence-corrected chi connectivity index (χ2v) is 3.87. The van der Waals surface area contributed by atoms with Crippen LogP contribution in [-0.4, -0.2) is 19.3 Å². The van der Waals surface area contributed by atoms with Crippen LogP contribution in [0.5, 0.6) is 0 Å². The van der Waals surface area contributed by atoms with E-state index in [1.807, 2.05) is 24.5 Å². The van der Waals surface area contributed by atoms with Crippen molar-refractivity contribution in [1.29, 1.82) is 0 Å². The highest BCUT2D eigenvalue weighted by Crippen LogP contribution is 2.26. The number of anilines is 1. The lowest BCUT2D eigenvalue weighted by atomic mass is 10.3. The zero-order valence-corrected chi connectivity index (χ0v) is 10.8. The summed E-state index contributed by atoms with van der Waals surface area (Å²) in [5.74, 6) is 0.352. The van der Waals surface area contributed by atoms with E-state index in [0.717, 1.165) is 10.6 Å². The molecule has 6 heteroatoms. The van der Waals surface area contributed by atoms with E-state index >= 15 is 0 Å². The number of benzene rings is 1. The van der Waals surface area contributed by atoms with Gasteiger partial charge < -0.3 is 11.1 Å². The maximum Gasteiger partial charge on any atom is 0.192 e. The summed E-state index contributed by atoms with van der Waals surface area (Å²) in [4.78, 5) is 4.92. The summed E-state index contributed by atoms with van der Waals surface area (Å²) in [5.41, 5.74) is 6.32. The molecule has 15 heavy (non-hydrogen) atoms. The van der Waals surface area contributed by atoms with Crippen molar-refractivity contribution in [3.8, 4) is 0 Å². The number of guanidine groups is 1. The number of hydrogen-bond acceptors (Lipinski definition) is 2. The molecule has 1 rings (SSSR count). The Kier molecular flexibility index (Phi) is 6.56. The molecule has 0 aliphatic rings. The Labute approximate surface area is 105 Å². The summed E-state index contributed by atoms with van der Waals surface area (Å²) in [6.45, 7) is 0. The number of nitrogens with zero attached hydrogens (tertiary/aromatic N) is 1. The molecule has 0 unspecified atom stereocenters. The van der Waals surface area contributed by atoms with Crippen LogP contribution in [0.3, 0.4) is 0 Å². The molecule has 1 aromatic carbocycles. The molecule has 0 saturated heterocycles. The summed E-state index contributed by atoms with van der Waals surface area (Å²) < 4.78 is 0. The van der Waals surface area contributed by atoms with Crippen molar-refractivity contribution in [1.82, 2.24) is 0 Å². The van der Waals surface area contributed by atoms with Crippen molar-refractivity contribution in [3.05, 3.63) is 23.2 Å². The SMILES string of the molecule is CN=C(N)Nc1cc(SC)ccc1Cl.Cl. The summed E-state index contributed by atoms with van der Waals surface area (Å²) in [6.07, 6.45) is 2.00. The molecule has 0 aliphatic carbocycles. The predicted molar refractivity (Wildman–Crippen MR) is 71.7 cm³/mol. The highest BCUT2D eigenvalue weighted by molar-refractivity contribution is 7.98. The van der Waals surface area contributed by atoms with Crippen molar-refractivity contribution in [2.75, 3.05) is 18.6 Å². The smallest absolute Gasteiger partial charge is 0.192 e. The Hall–Kier alpha value is -0.580. The molecule has 0 fully saturated rings. The van der Waals surface area contributed by atoms with Gasteiger partial charge in [-0.1, -0.05) is 11.6 Å². The Morgan fingerprint density at radius 3 is 2.73 bits per heavy atom. The van der Waals surface area contributed by atoms with Crippen LogP contribution in [0.25, 0.3) is 0 Å². The fraction of sp³-hybridized carbons (Fsp3) is 0.222. The molecule has 1 aromatic rings. The van der Waals surface area contributed by atoms with Gasteiger partial charge in [0, 0.05) is 11.9 Å². The van der Waals surface area contributed by atoms with Crippen molar-refractivity contribution in [2.45, 2.75) is 4.90 Å². The van der Waals surface area contributed by atoms with Gasteiger partial charge >= 0.3 is 0 Å². The van der Waals surface area contributed by atoms with Gasteiger partial charge in [0.25, 0.3) is 0 Å². The molecule has 0 heterocycles. The minimum Gasteiger partial charge on any atom is -0.370 e. The molecule has 3 nitrogen and oxygen atoms in total.